The number of aliphatic carboxylic acids is 1. The van der Waals surface area contributed by atoms with Gasteiger partial charge in [0.1, 0.15) is 6.04 Å². The normalized spacial score (nSPS) is 21.9. The molecule has 1 rings (SSSR count). The lowest BCUT2D eigenvalue weighted by molar-refractivity contribution is -0.165. The third-order valence-corrected chi connectivity index (χ3v) is 2.18. The molecule has 0 spiro atoms. The second-order valence-electron chi connectivity index (χ2n) is 3.33. The molecule has 6 heteroatoms. The van der Waals surface area contributed by atoms with Crippen molar-refractivity contribution in [2.45, 2.75) is 38.3 Å². The fraction of sp³-hybridized carbons (Fsp3) is 0.667. The van der Waals surface area contributed by atoms with E-state index in [1.165, 1.54) is 0 Å². The summed E-state index contributed by atoms with van der Waals surface area (Å²) in [7, 11) is 0. The molecule has 0 radical (unpaired) electrons. The molecule has 6 nitrogen and oxygen atoms in total. The Morgan fingerprint density at radius 1 is 1.67 bits per heavy atom. The molecule has 1 aliphatic heterocycles. The highest BCUT2D eigenvalue weighted by Crippen LogP contribution is 2.10. The van der Waals surface area contributed by atoms with Gasteiger partial charge in [-0.3, -0.25) is 4.79 Å². The minimum atomic E-state index is -1.17. The van der Waals surface area contributed by atoms with Gasteiger partial charge in [-0.05, 0) is 12.8 Å². The number of hydrogen-bond acceptors (Lipinski definition) is 4. The van der Waals surface area contributed by atoms with E-state index >= 15 is 0 Å². The molecular formula is C9H13NO5. The van der Waals surface area contributed by atoms with E-state index in [0.29, 0.717) is 6.42 Å². The van der Waals surface area contributed by atoms with Crippen LogP contribution < -0.4 is 5.32 Å². The van der Waals surface area contributed by atoms with Crippen LogP contribution >= 0.6 is 0 Å². The van der Waals surface area contributed by atoms with Gasteiger partial charge in [-0.1, -0.05) is 6.92 Å². The fourth-order valence-corrected chi connectivity index (χ4v) is 1.32. The minimum Gasteiger partial charge on any atom is -0.479 e. The fourth-order valence-electron chi connectivity index (χ4n) is 1.32. The predicted molar refractivity (Wildman–Crippen MR) is 49.0 cm³/mol. The van der Waals surface area contributed by atoms with Crippen LogP contribution in [0, 0.1) is 0 Å². The molecule has 0 aromatic rings. The predicted octanol–water partition coefficient (Wildman–Crippen LogP) is -0.329. The Balaban J connectivity index is 2.47. The van der Waals surface area contributed by atoms with Gasteiger partial charge in [-0.2, -0.15) is 0 Å². The summed E-state index contributed by atoms with van der Waals surface area (Å²) < 4.78 is 4.74. The van der Waals surface area contributed by atoms with Gasteiger partial charge in [0.2, 0.25) is 5.91 Å². The van der Waals surface area contributed by atoms with Crippen molar-refractivity contribution in [3.8, 4) is 0 Å². The molecule has 2 atom stereocenters. The lowest BCUT2D eigenvalue weighted by Gasteiger charge is -2.14. The Morgan fingerprint density at radius 3 is 2.73 bits per heavy atom. The molecular weight excluding hydrogens is 202 g/mol. The molecule has 2 unspecified atom stereocenters. The van der Waals surface area contributed by atoms with Crippen molar-refractivity contribution < 1.29 is 24.2 Å². The first-order valence-electron chi connectivity index (χ1n) is 4.77. The summed E-state index contributed by atoms with van der Waals surface area (Å²) in [5.41, 5.74) is 0. The summed E-state index contributed by atoms with van der Waals surface area (Å²) in [5, 5.41) is 11.1. The Bertz CT molecular complexity index is 288. The van der Waals surface area contributed by atoms with Crippen LogP contribution in [-0.2, 0) is 19.1 Å². The topological polar surface area (TPSA) is 92.7 Å². The Labute approximate surface area is 86.6 Å². The van der Waals surface area contributed by atoms with Crippen molar-refractivity contribution in [3.05, 3.63) is 0 Å². The zero-order chi connectivity index (χ0) is 11.4. The Kier molecular flexibility index (Phi) is 3.65. The van der Waals surface area contributed by atoms with Crippen molar-refractivity contribution in [1.29, 1.82) is 0 Å². The van der Waals surface area contributed by atoms with Gasteiger partial charge in [0.15, 0.2) is 6.10 Å². The third-order valence-electron chi connectivity index (χ3n) is 2.18. The van der Waals surface area contributed by atoms with Crippen molar-refractivity contribution in [2.24, 2.45) is 0 Å². The van der Waals surface area contributed by atoms with Crippen LogP contribution in [0.4, 0.5) is 0 Å². The second kappa shape index (κ2) is 4.77. The highest BCUT2D eigenvalue weighted by Gasteiger charge is 2.31. The lowest BCUT2D eigenvalue weighted by atomic mass is 10.2. The summed E-state index contributed by atoms with van der Waals surface area (Å²) in [6.07, 6.45) is -0.269. The van der Waals surface area contributed by atoms with Crippen LogP contribution in [0.15, 0.2) is 0 Å². The number of esters is 1. The minimum absolute atomic E-state index is 0.208. The average Bonchev–Trinajstić information content (AvgIpc) is 2.60. The van der Waals surface area contributed by atoms with Crippen LogP contribution in [-0.4, -0.2) is 35.1 Å². The average molecular weight is 215 g/mol. The van der Waals surface area contributed by atoms with Gasteiger partial charge in [0.05, 0.1) is 0 Å². The standard InChI is InChI=1S/C9H13NO5/c1-2-6(8(12)13)15-9(14)5-3-4-7(11)10-5/h5-6H,2-4H2,1H3,(H,10,11)(H,12,13). The third kappa shape index (κ3) is 2.93. The number of rotatable bonds is 4. The molecule has 1 saturated heterocycles. The van der Waals surface area contributed by atoms with Gasteiger partial charge in [-0.25, -0.2) is 9.59 Å². The summed E-state index contributed by atoms with van der Waals surface area (Å²) in [6.45, 7) is 1.61. The van der Waals surface area contributed by atoms with E-state index in [-0.39, 0.29) is 18.7 Å². The van der Waals surface area contributed by atoms with Crippen molar-refractivity contribution in [3.63, 3.8) is 0 Å². The maximum absolute atomic E-state index is 11.4. The quantitative estimate of drug-likeness (QED) is 0.626. The largest absolute Gasteiger partial charge is 0.479 e. The first-order chi connectivity index (χ1) is 7.04. The Morgan fingerprint density at radius 2 is 2.33 bits per heavy atom. The lowest BCUT2D eigenvalue weighted by Crippen LogP contribution is -2.38. The molecule has 84 valence electrons. The second-order valence-corrected chi connectivity index (χ2v) is 3.33. The number of hydrogen-bond donors (Lipinski definition) is 2. The van der Waals surface area contributed by atoms with Crippen molar-refractivity contribution in [2.75, 3.05) is 0 Å². The number of carbonyl (C=O) groups is 3. The zero-order valence-corrected chi connectivity index (χ0v) is 8.36. The number of nitrogens with one attached hydrogen (secondary N) is 1. The van der Waals surface area contributed by atoms with Gasteiger partial charge < -0.3 is 15.2 Å². The highest BCUT2D eigenvalue weighted by atomic mass is 16.6. The van der Waals surface area contributed by atoms with Crippen LogP contribution in [0.1, 0.15) is 26.2 Å². The van der Waals surface area contributed by atoms with E-state index in [4.69, 9.17) is 9.84 Å². The Hall–Kier alpha value is -1.59. The number of amides is 1. The van der Waals surface area contributed by atoms with Crippen molar-refractivity contribution in [1.82, 2.24) is 5.32 Å². The summed E-state index contributed by atoms with van der Waals surface area (Å²) in [5.74, 6) is -2.05. The van der Waals surface area contributed by atoms with Gasteiger partial charge >= 0.3 is 11.9 Å². The SMILES string of the molecule is CCC(OC(=O)C1CCC(=O)N1)C(=O)O. The van der Waals surface area contributed by atoms with E-state index in [9.17, 15) is 14.4 Å². The van der Waals surface area contributed by atoms with Gasteiger partial charge in [-0.15, -0.1) is 0 Å². The van der Waals surface area contributed by atoms with E-state index in [1.807, 2.05) is 0 Å². The first-order valence-corrected chi connectivity index (χ1v) is 4.77. The number of ether oxygens (including phenoxy) is 1. The molecule has 1 fully saturated rings. The maximum Gasteiger partial charge on any atom is 0.345 e. The van der Waals surface area contributed by atoms with Crippen molar-refractivity contribution >= 4 is 17.8 Å². The summed E-state index contributed by atoms with van der Waals surface area (Å²) in [4.78, 5) is 32.8. The highest BCUT2D eigenvalue weighted by molar-refractivity contribution is 5.89. The molecule has 15 heavy (non-hydrogen) atoms. The molecule has 0 aromatic heterocycles. The van der Waals surface area contributed by atoms with E-state index < -0.39 is 24.1 Å². The molecule has 2 N–H and O–H groups in total. The first kappa shape index (κ1) is 11.5. The number of carbonyl (C=O) groups excluding carboxylic acids is 2. The molecule has 1 aliphatic rings. The van der Waals surface area contributed by atoms with Gasteiger partial charge in [0, 0.05) is 6.42 Å². The zero-order valence-electron chi connectivity index (χ0n) is 8.36. The van der Waals surface area contributed by atoms with Crippen LogP contribution in [0.3, 0.4) is 0 Å². The summed E-state index contributed by atoms with van der Waals surface area (Å²) in [6, 6.07) is -0.689. The molecule has 0 saturated carbocycles. The molecule has 1 amide bonds. The monoisotopic (exact) mass is 215 g/mol. The van der Waals surface area contributed by atoms with E-state index in [1.54, 1.807) is 6.92 Å². The van der Waals surface area contributed by atoms with Crippen LogP contribution in [0.25, 0.3) is 0 Å². The molecule has 0 aromatic carbocycles. The molecule has 1 heterocycles. The maximum atomic E-state index is 11.4. The molecule has 0 aliphatic carbocycles. The van der Waals surface area contributed by atoms with Crippen LogP contribution in [0.5, 0.6) is 0 Å². The molecule has 0 bridgehead atoms. The van der Waals surface area contributed by atoms with E-state index in [2.05, 4.69) is 5.32 Å². The van der Waals surface area contributed by atoms with Crippen LogP contribution in [0.2, 0.25) is 0 Å². The van der Waals surface area contributed by atoms with Gasteiger partial charge in [0.25, 0.3) is 0 Å². The number of carboxylic acid groups (broad SMARTS) is 1. The van der Waals surface area contributed by atoms with E-state index in [0.717, 1.165) is 0 Å². The smallest absolute Gasteiger partial charge is 0.345 e. The summed E-state index contributed by atoms with van der Waals surface area (Å²) >= 11 is 0. The number of carboxylic acids is 1.